The van der Waals surface area contributed by atoms with Gasteiger partial charge in [-0.15, -0.1) is 11.3 Å². The maximum Gasteiger partial charge on any atom is 0.234 e. The molecule has 1 amide bonds. The van der Waals surface area contributed by atoms with Crippen molar-refractivity contribution in [1.82, 2.24) is 10.2 Å². The van der Waals surface area contributed by atoms with Gasteiger partial charge in [-0.3, -0.25) is 9.69 Å². The molecule has 1 aromatic heterocycles. The minimum Gasteiger partial charge on any atom is -0.351 e. The maximum absolute atomic E-state index is 12.5. The van der Waals surface area contributed by atoms with Crippen LogP contribution in [0.3, 0.4) is 0 Å². The lowest BCUT2D eigenvalue weighted by Crippen LogP contribution is -2.42. The van der Waals surface area contributed by atoms with E-state index in [0.29, 0.717) is 6.42 Å². The minimum absolute atomic E-state index is 0.0624. The summed E-state index contributed by atoms with van der Waals surface area (Å²) in [5, 5.41) is 2.90. The summed E-state index contributed by atoms with van der Waals surface area (Å²) in [6.45, 7) is 3.86. The Morgan fingerprint density at radius 2 is 2.00 bits per heavy atom. The van der Waals surface area contributed by atoms with E-state index < -0.39 is 9.84 Å². The quantitative estimate of drug-likeness (QED) is 0.731. The standard InChI is InChI=1S/C20H26N2O3S2/c1-16-7-8-19(26-16)13-22(11-9-17-5-3-2-4-6-17)14-20(23)21-18-10-12-27(24,25)15-18/h2-8,18H,9-15H2,1H3,(H,21,23)/t18-/m1/s1. The van der Waals surface area contributed by atoms with Crippen LogP contribution in [-0.2, 0) is 27.6 Å². The lowest BCUT2D eigenvalue weighted by Gasteiger charge is -2.22. The molecule has 3 rings (SSSR count). The second kappa shape index (κ2) is 8.99. The topological polar surface area (TPSA) is 66.5 Å². The van der Waals surface area contributed by atoms with E-state index in [4.69, 9.17) is 0 Å². The van der Waals surface area contributed by atoms with Crippen LogP contribution in [0.15, 0.2) is 42.5 Å². The maximum atomic E-state index is 12.5. The molecule has 1 saturated heterocycles. The summed E-state index contributed by atoms with van der Waals surface area (Å²) in [6.07, 6.45) is 1.39. The van der Waals surface area contributed by atoms with Gasteiger partial charge in [-0.25, -0.2) is 8.42 Å². The number of sulfone groups is 1. The van der Waals surface area contributed by atoms with Crippen molar-refractivity contribution in [3.8, 4) is 0 Å². The monoisotopic (exact) mass is 406 g/mol. The van der Waals surface area contributed by atoms with Crippen LogP contribution in [0.4, 0.5) is 0 Å². The summed E-state index contributed by atoms with van der Waals surface area (Å²) in [5.74, 6) is 0.134. The van der Waals surface area contributed by atoms with E-state index >= 15 is 0 Å². The van der Waals surface area contributed by atoms with Crippen LogP contribution in [0.2, 0.25) is 0 Å². The molecule has 0 radical (unpaired) electrons. The van der Waals surface area contributed by atoms with Gasteiger partial charge in [-0.1, -0.05) is 30.3 Å². The Balaban J connectivity index is 1.58. The third kappa shape index (κ3) is 6.45. The molecule has 7 heteroatoms. The van der Waals surface area contributed by atoms with Gasteiger partial charge in [0, 0.05) is 28.9 Å². The molecule has 0 saturated carbocycles. The van der Waals surface area contributed by atoms with E-state index in [2.05, 4.69) is 41.4 Å². The third-order valence-electron chi connectivity index (χ3n) is 4.70. The molecule has 1 aromatic carbocycles. The average Bonchev–Trinajstić information content (AvgIpc) is 3.18. The fourth-order valence-electron chi connectivity index (χ4n) is 3.32. The number of nitrogens with one attached hydrogen (secondary N) is 1. The molecule has 1 atom stereocenters. The predicted molar refractivity (Wildman–Crippen MR) is 110 cm³/mol. The van der Waals surface area contributed by atoms with Crippen molar-refractivity contribution in [3.63, 3.8) is 0 Å². The SMILES string of the molecule is Cc1ccc(CN(CCc2ccccc2)CC(=O)N[C@@H]2CCS(=O)(=O)C2)s1. The molecule has 5 nitrogen and oxygen atoms in total. The first-order valence-corrected chi connectivity index (χ1v) is 11.8. The van der Waals surface area contributed by atoms with Gasteiger partial charge >= 0.3 is 0 Å². The second-order valence-corrected chi connectivity index (χ2v) is 10.7. The van der Waals surface area contributed by atoms with Gasteiger partial charge in [0.2, 0.25) is 5.91 Å². The number of thiophene rings is 1. The van der Waals surface area contributed by atoms with Crippen molar-refractivity contribution < 1.29 is 13.2 Å². The number of rotatable bonds is 8. The first-order chi connectivity index (χ1) is 12.9. The molecular formula is C20H26N2O3S2. The molecule has 0 bridgehead atoms. The van der Waals surface area contributed by atoms with Crippen LogP contribution in [-0.4, -0.2) is 49.9 Å². The van der Waals surface area contributed by atoms with E-state index in [1.807, 2.05) is 18.2 Å². The van der Waals surface area contributed by atoms with Gasteiger partial charge in [0.05, 0.1) is 18.1 Å². The third-order valence-corrected chi connectivity index (χ3v) is 7.45. The van der Waals surface area contributed by atoms with E-state index in [1.165, 1.54) is 15.3 Å². The molecule has 0 aliphatic carbocycles. The number of benzene rings is 1. The van der Waals surface area contributed by atoms with Crippen LogP contribution in [0.5, 0.6) is 0 Å². The van der Waals surface area contributed by atoms with Crippen LogP contribution >= 0.6 is 11.3 Å². The molecule has 1 aliphatic heterocycles. The molecule has 0 unspecified atom stereocenters. The predicted octanol–water partition coefficient (Wildman–Crippen LogP) is 2.40. The Labute approximate surface area is 165 Å². The minimum atomic E-state index is -2.99. The molecule has 2 heterocycles. The first-order valence-electron chi connectivity index (χ1n) is 9.21. The van der Waals surface area contributed by atoms with Gasteiger partial charge in [0.1, 0.15) is 0 Å². The largest absolute Gasteiger partial charge is 0.351 e. The zero-order chi connectivity index (χ0) is 19.3. The van der Waals surface area contributed by atoms with Crippen LogP contribution in [0.25, 0.3) is 0 Å². The summed E-state index contributed by atoms with van der Waals surface area (Å²) in [6, 6.07) is 14.2. The highest BCUT2D eigenvalue weighted by Crippen LogP contribution is 2.18. The number of carbonyl (C=O) groups excluding carboxylic acids is 1. The molecule has 146 valence electrons. The normalized spacial score (nSPS) is 18.7. The molecule has 2 aromatic rings. The molecule has 27 heavy (non-hydrogen) atoms. The summed E-state index contributed by atoms with van der Waals surface area (Å²) < 4.78 is 23.2. The Bertz CT molecular complexity index is 862. The Hall–Kier alpha value is -1.70. The summed E-state index contributed by atoms with van der Waals surface area (Å²) in [7, 11) is -2.99. The molecule has 1 N–H and O–H groups in total. The lowest BCUT2D eigenvalue weighted by atomic mass is 10.1. The summed E-state index contributed by atoms with van der Waals surface area (Å²) in [4.78, 5) is 17.1. The lowest BCUT2D eigenvalue weighted by molar-refractivity contribution is -0.122. The smallest absolute Gasteiger partial charge is 0.234 e. The Kier molecular flexibility index (Phi) is 6.68. The number of amides is 1. The highest BCUT2D eigenvalue weighted by atomic mass is 32.2. The fraction of sp³-hybridized carbons (Fsp3) is 0.450. The highest BCUT2D eigenvalue weighted by Gasteiger charge is 2.29. The molecule has 1 fully saturated rings. The number of hydrogen-bond donors (Lipinski definition) is 1. The zero-order valence-electron chi connectivity index (χ0n) is 15.6. The summed E-state index contributed by atoms with van der Waals surface area (Å²) >= 11 is 1.74. The van der Waals surface area contributed by atoms with Crippen LogP contribution < -0.4 is 5.32 Å². The average molecular weight is 407 g/mol. The molecular weight excluding hydrogens is 380 g/mol. The van der Waals surface area contributed by atoms with Gasteiger partial charge in [0.15, 0.2) is 9.84 Å². The van der Waals surface area contributed by atoms with Crippen molar-refractivity contribution in [2.75, 3.05) is 24.6 Å². The van der Waals surface area contributed by atoms with Gasteiger partial charge < -0.3 is 5.32 Å². The van der Waals surface area contributed by atoms with Crippen molar-refractivity contribution in [2.24, 2.45) is 0 Å². The number of hydrogen-bond acceptors (Lipinski definition) is 5. The number of aryl methyl sites for hydroxylation is 1. The van der Waals surface area contributed by atoms with E-state index in [9.17, 15) is 13.2 Å². The van der Waals surface area contributed by atoms with Crippen molar-refractivity contribution >= 4 is 27.1 Å². The molecule has 1 aliphatic rings. The van der Waals surface area contributed by atoms with Crippen molar-refractivity contribution in [3.05, 3.63) is 57.8 Å². The highest BCUT2D eigenvalue weighted by molar-refractivity contribution is 7.91. The zero-order valence-corrected chi connectivity index (χ0v) is 17.2. The molecule has 0 spiro atoms. The first kappa shape index (κ1) is 20.0. The van der Waals surface area contributed by atoms with Gasteiger partial charge in [0.25, 0.3) is 0 Å². The second-order valence-electron chi connectivity index (χ2n) is 7.13. The Morgan fingerprint density at radius 1 is 1.22 bits per heavy atom. The van der Waals surface area contributed by atoms with E-state index in [-0.39, 0.29) is 30.0 Å². The van der Waals surface area contributed by atoms with E-state index in [0.717, 1.165) is 19.5 Å². The summed E-state index contributed by atoms with van der Waals surface area (Å²) in [5.41, 5.74) is 1.24. The van der Waals surface area contributed by atoms with E-state index in [1.54, 1.807) is 11.3 Å². The van der Waals surface area contributed by atoms with Gasteiger partial charge in [-0.05, 0) is 37.5 Å². The number of nitrogens with zero attached hydrogens (tertiary/aromatic N) is 1. The Morgan fingerprint density at radius 3 is 2.63 bits per heavy atom. The number of carbonyl (C=O) groups is 1. The fourth-order valence-corrected chi connectivity index (χ4v) is 5.93. The van der Waals surface area contributed by atoms with Crippen LogP contribution in [0, 0.1) is 6.92 Å². The van der Waals surface area contributed by atoms with Crippen LogP contribution in [0.1, 0.15) is 21.7 Å². The van der Waals surface area contributed by atoms with Crippen molar-refractivity contribution in [1.29, 1.82) is 0 Å². The van der Waals surface area contributed by atoms with Crippen molar-refractivity contribution in [2.45, 2.75) is 32.4 Å². The van der Waals surface area contributed by atoms with Gasteiger partial charge in [-0.2, -0.15) is 0 Å².